The molecule has 30 heavy (non-hydrogen) atoms. The van der Waals surface area contributed by atoms with Crippen molar-refractivity contribution in [2.24, 2.45) is 10.9 Å². The molecule has 1 aliphatic heterocycles. The number of morpholine rings is 1. The van der Waals surface area contributed by atoms with E-state index in [-0.39, 0.29) is 0 Å². The number of nitrogens with zero attached hydrogens (tertiary/aromatic N) is 3. The molecule has 1 aromatic carbocycles. The molecule has 0 aliphatic carbocycles. The van der Waals surface area contributed by atoms with Gasteiger partial charge in [0.15, 0.2) is 5.96 Å². The van der Waals surface area contributed by atoms with Crippen molar-refractivity contribution in [3.63, 3.8) is 0 Å². The Balaban J connectivity index is 2.03. The Morgan fingerprint density at radius 1 is 1.10 bits per heavy atom. The monoisotopic (exact) mass is 417 g/mol. The van der Waals surface area contributed by atoms with Crippen LogP contribution in [0.1, 0.15) is 45.7 Å². The van der Waals surface area contributed by atoms with Crippen LogP contribution in [-0.4, -0.2) is 74.3 Å². The quantitative estimate of drug-likeness (QED) is 0.453. The van der Waals surface area contributed by atoms with E-state index < -0.39 is 0 Å². The Morgan fingerprint density at radius 2 is 1.77 bits per heavy atom. The number of ether oxygens (including phenoxy) is 1. The van der Waals surface area contributed by atoms with Gasteiger partial charge in [-0.25, -0.2) is 4.99 Å². The number of hydrogen-bond acceptors (Lipinski definition) is 4. The van der Waals surface area contributed by atoms with Gasteiger partial charge < -0.3 is 15.4 Å². The van der Waals surface area contributed by atoms with Gasteiger partial charge in [0.2, 0.25) is 0 Å². The minimum absolute atomic E-state index is 0.477. The van der Waals surface area contributed by atoms with E-state index in [1.54, 1.807) is 0 Å². The Kier molecular flexibility index (Phi) is 10.6. The smallest absolute Gasteiger partial charge is 0.191 e. The Labute approximate surface area is 184 Å². The zero-order valence-corrected chi connectivity index (χ0v) is 19.9. The molecule has 1 unspecified atom stereocenters. The molecule has 0 aromatic heterocycles. The number of hydrogen-bond donors (Lipinski definition) is 2. The summed E-state index contributed by atoms with van der Waals surface area (Å²) >= 11 is 0. The van der Waals surface area contributed by atoms with Crippen molar-refractivity contribution in [2.75, 3.05) is 46.4 Å². The maximum Gasteiger partial charge on any atom is 0.191 e. The first-order chi connectivity index (χ1) is 14.4. The van der Waals surface area contributed by atoms with Crippen molar-refractivity contribution in [2.45, 2.75) is 59.8 Å². The van der Waals surface area contributed by atoms with Crippen LogP contribution in [0.25, 0.3) is 0 Å². The Hall–Kier alpha value is -1.63. The third kappa shape index (κ3) is 7.89. The Morgan fingerprint density at radius 3 is 2.37 bits per heavy atom. The van der Waals surface area contributed by atoms with Gasteiger partial charge in [0.25, 0.3) is 0 Å². The largest absolute Gasteiger partial charge is 0.379 e. The second-order valence-corrected chi connectivity index (χ2v) is 8.81. The van der Waals surface area contributed by atoms with E-state index in [0.717, 1.165) is 51.9 Å². The molecule has 0 bridgehead atoms. The van der Waals surface area contributed by atoms with Crippen LogP contribution in [-0.2, 0) is 17.8 Å². The molecule has 1 aliphatic rings. The lowest BCUT2D eigenvalue weighted by molar-refractivity contribution is 0.00752. The summed E-state index contributed by atoms with van der Waals surface area (Å²) in [4.78, 5) is 9.81. The van der Waals surface area contributed by atoms with Crippen molar-refractivity contribution in [1.29, 1.82) is 0 Å². The number of rotatable bonds is 10. The molecule has 2 N–H and O–H groups in total. The summed E-state index contributed by atoms with van der Waals surface area (Å²) in [6, 6.07) is 9.64. The molecule has 1 heterocycles. The van der Waals surface area contributed by atoms with Gasteiger partial charge in [-0.3, -0.25) is 9.80 Å². The number of guanidine groups is 1. The van der Waals surface area contributed by atoms with Gasteiger partial charge in [0, 0.05) is 44.8 Å². The molecular formula is C24H43N5O. The van der Waals surface area contributed by atoms with Gasteiger partial charge >= 0.3 is 0 Å². The molecule has 0 radical (unpaired) electrons. The van der Waals surface area contributed by atoms with Crippen molar-refractivity contribution in [3.8, 4) is 0 Å². The average Bonchev–Trinajstić information content (AvgIpc) is 2.73. The summed E-state index contributed by atoms with van der Waals surface area (Å²) in [6.07, 6.45) is 0. The predicted molar refractivity (Wildman–Crippen MR) is 127 cm³/mol. The maximum absolute atomic E-state index is 5.53. The lowest BCUT2D eigenvalue weighted by Gasteiger charge is -2.37. The fourth-order valence-electron chi connectivity index (χ4n) is 3.72. The maximum atomic E-state index is 5.53. The van der Waals surface area contributed by atoms with E-state index >= 15 is 0 Å². The molecule has 2 rings (SSSR count). The fourth-order valence-corrected chi connectivity index (χ4v) is 3.72. The first kappa shape index (κ1) is 24.6. The second-order valence-electron chi connectivity index (χ2n) is 8.81. The molecule has 1 aromatic rings. The van der Waals surface area contributed by atoms with Gasteiger partial charge in [0.1, 0.15) is 0 Å². The summed E-state index contributed by atoms with van der Waals surface area (Å²) < 4.78 is 5.53. The molecule has 1 fully saturated rings. The van der Waals surface area contributed by atoms with E-state index in [4.69, 9.17) is 9.73 Å². The molecule has 0 spiro atoms. The lowest BCUT2D eigenvalue weighted by atomic mass is 10.0. The first-order valence-corrected chi connectivity index (χ1v) is 11.5. The van der Waals surface area contributed by atoms with Crippen LogP contribution in [0.2, 0.25) is 0 Å². The summed E-state index contributed by atoms with van der Waals surface area (Å²) in [5.41, 5.74) is 2.64. The number of aliphatic imine (C=N–C) groups is 1. The van der Waals surface area contributed by atoms with E-state index in [1.807, 2.05) is 0 Å². The minimum atomic E-state index is 0.477. The highest BCUT2D eigenvalue weighted by Gasteiger charge is 2.23. The van der Waals surface area contributed by atoms with Gasteiger partial charge in [0.05, 0.1) is 19.8 Å². The van der Waals surface area contributed by atoms with Crippen LogP contribution in [0.5, 0.6) is 0 Å². The minimum Gasteiger partial charge on any atom is -0.379 e. The third-order valence-corrected chi connectivity index (χ3v) is 5.93. The molecule has 170 valence electrons. The first-order valence-electron chi connectivity index (χ1n) is 11.5. The second kappa shape index (κ2) is 12.9. The van der Waals surface area contributed by atoms with Crippen LogP contribution < -0.4 is 10.6 Å². The van der Waals surface area contributed by atoms with Crippen molar-refractivity contribution < 1.29 is 4.74 Å². The van der Waals surface area contributed by atoms with Gasteiger partial charge in [-0.15, -0.1) is 0 Å². The number of nitrogens with one attached hydrogen (secondary N) is 2. The molecule has 0 saturated carbocycles. The summed E-state index contributed by atoms with van der Waals surface area (Å²) in [5.74, 6) is 1.47. The van der Waals surface area contributed by atoms with E-state index in [0.29, 0.717) is 24.5 Å². The van der Waals surface area contributed by atoms with Crippen molar-refractivity contribution >= 4 is 5.96 Å². The topological polar surface area (TPSA) is 52.1 Å². The molecule has 6 nitrogen and oxygen atoms in total. The van der Waals surface area contributed by atoms with Crippen LogP contribution in [0.4, 0.5) is 0 Å². The van der Waals surface area contributed by atoms with Crippen LogP contribution >= 0.6 is 0 Å². The van der Waals surface area contributed by atoms with Crippen LogP contribution in [0, 0.1) is 5.92 Å². The Bertz CT molecular complexity index is 640. The van der Waals surface area contributed by atoms with E-state index in [2.05, 4.69) is 86.4 Å². The lowest BCUT2D eigenvalue weighted by Crippen LogP contribution is -2.52. The highest BCUT2D eigenvalue weighted by molar-refractivity contribution is 5.79. The van der Waals surface area contributed by atoms with Crippen molar-refractivity contribution in [3.05, 3.63) is 35.4 Å². The normalized spacial score (nSPS) is 17.0. The van der Waals surface area contributed by atoms with Gasteiger partial charge in [-0.05, 0) is 44.9 Å². The van der Waals surface area contributed by atoms with Crippen molar-refractivity contribution in [1.82, 2.24) is 20.4 Å². The average molecular weight is 418 g/mol. The van der Waals surface area contributed by atoms with E-state index in [9.17, 15) is 0 Å². The summed E-state index contributed by atoms with van der Waals surface area (Å²) in [7, 11) is 2.17. The molecule has 1 saturated heterocycles. The molecule has 0 amide bonds. The highest BCUT2D eigenvalue weighted by atomic mass is 16.5. The summed E-state index contributed by atoms with van der Waals surface area (Å²) in [6.45, 7) is 18.2. The molecular weight excluding hydrogens is 374 g/mol. The zero-order valence-electron chi connectivity index (χ0n) is 19.9. The number of benzene rings is 1. The third-order valence-electron chi connectivity index (χ3n) is 5.93. The fraction of sp³-hybridized carbons (Fsp3) is 0.708. The van der Waals surface area contributed by atoms with Gasteiger partial charge in [-0.1, -0.05) is 38.1 Å². The molecule has 1 atom stereocenters. The standard InChI is InChI=1S/C24H43N5O/c1-7-25-24(27-17-23(19(2)3)29-12-14-30-15-13-29)26-16-21-10-8-9-11-22(21)18-28(6)20(4)5/h8-11,19-20,23H,7,12-18H2,1-6H3,(H2,25,26,27). The highest BCUT2D eigenvalue weighted by Crippen LogP contribution is 2.14. The predicted octanol–water partition coefficient (Wildman–Crippen LogP) is 2.94. The van der Waals surface area contributed by atoms with Crippen LogP contribution in [0.3, 0.4) is 0 Å². The molecule has 6 heteroatoms. The van der Waals surface area contributed by atoms with E-state index in [1.165, 1.54) is 11.1 Å². The summed E-state index contributed by atoms with van der Waals surface area (Å²) in [5, 5.41) is 7.01. The zero-order chi connectivity index (χ0) is 21.9. The SMILES string of the molecule is CCNC(=NCc1ccccc1CN(C)C(C)C)NCC(C(C)C)N1CCOCC1. The van der Waals surface area contributed by atoms with Gasteiger partial charge in [-0.2, -0.15) is 0 Å². The van der Waals surface area contributed by atoms with Crippen LogP contribution in [0.15, 0.2) is 29.3 Å².